The quantitative estimate of drug-likeness (QED) is 0.532. The fraction of sp³-hybridized carbons (Fsp3) is 0.625. The van der Waals surface area contributed by atoms with E-state index in [4.69, 9.17) is 0 Å². The Morgan fingerprint density at radius 3 is 2.30 bits per heavy atom. The van der Waals surface area contributed by atoms with E-state index < -0.39 is 0 Å². The van der Waals surface area contributed by atoms with Gasteiger partial charge in [-0.3, -0.25) is 4.68 Å². The lowest BCUT2D eigenvalue weighted by atomic mass is 10.1. The summed E-state index contributed by atoms with van der Waals surface area (Å²) in [6, 6.07) is 1.89. The first-order chi connectivity index (χ1) is 4.52. The summed E-state index contributed by atoms with van der Waals surface area (Å²) in [4.78, 5) is 0. The summed E-state index contributed by atoms with van der Waals surface area (Å²) >= 11 is 0. The molecule has 0 atom stereocenters. The number of aromatic nitrogens is 2. The largest absolute Gasteiger partial charge is 0.264 e. The van der Waals surface area contributed by atoms with E-state index >= 15 is 0 Å². The smallest absolute Gasteiger partial charge is 0.113 e. The van der Waals surface area contributed by atoms with Crippen LogP contribution in [0.15, 0.2) is 6.07 Å². The van der Waals surface area contributed by atoms with E-state index in [1.165, 1.54) is 0 Å². The zero-order valence-corrected chi connectivity index (χ0v) is 6.97. The number of nitrogens with zero attached hydrogens (tertiary/aromatic N) is 2. The SMILES string of the molecule is Cc1c[c]nn1C(C)(C)C. The minimum atomic E-state index is 0.0874. The average molecular weight is 137 g/mol. The van der Waals surface area contributed by atoms with Crippen molar-refractivity contribution < 1.29 is 0 Å². The molecule has 1 aromatic rings. The summed E-state index contributed by atoms with van der Waals surface area (Å²) in [5.74, 6) is 0. The van der Waals surface area contributed by atoms with Crippen molar-refractivity contribution in [2.24, 2.45) is 0 Å². The second kappa shape index (κ2) is 2.11. The van der Waals surface area contributed by atoms with Crippen LogP contribution in [0.5, 0.6) is 0 Å². The molecule has 1 rings (SSSR count). The highest BCUT2D eigenvalue weighted by molar-refractivity contribution is 4.98. The highest BCUT2D eigenvalue weighted by Gasteiger charge is 2.14. The Bertz CT molecular complexity index is 217. The molecule has 2 nitrogen and oxygen atoms in total. The molecular formula is C8H13N2. The van der Waals surface area contributed by atoms with Gasteiger partial charge in [0, 0.05) is 5.69 Å². The standard InChI is InChI=1S/C8H13N2/c1-7-5-6-9-10(7)8(2,3)4/h5H,1-4H3. The molecular weight excluding hydrogens is 124 g/mol. The van der Waals surface area contributed by atoms with Gasteiger partial charge in [-0.2, -0.15) is 5.10 Å². The van der Waals surface area contributed by atoms with Crippen LogP contribution in [0.4, 0.5) is 0 Å². The minimum Gasteiger partial charge on any atom is -0.264 e. The van der Waals surface area contributed by atoms with Gasteiger partial charge in [-0.15, -0.1) is 0 Å². The Labute approximate surface area is 61.9 Å². The molecule has 1 heterocycles. The van der Waals surface area contributed by atoms with Crippen LogP contribution in [0.25, 0.3) is 0 Å². The molecule has 0 aliphatic rings. The van der Waals surface area contributed by atoms with E-state index in [2.05, 4.69) is 32.1 Å². The topological polar surface area (TPSA) is 17.8 Å². The van der Waals surface area contributed by atoms with Crippen molar-refractivity contribution in [1.29, 1.82) is 0 Å². The first-order valence-corrected chi connectivity index (χ1v) is 3.45. The van der Waals surface area contributed by atoms with E-state index in [0.717, 1.165) is 5.69 Å². The van der Waals surface area contributed by atoms with Gasteiger partial charge in [0.2, 0.25) is 0 Å². The molecule has 1 aromatic heterocycles. The van der Waals surface area contributed by atoms with Crippen LogP contribution >= 0.6 is 0 Å². The lowest BCUT2D eigenvalue weighted by molar-refractivity contribution is 0.347. The van der Waals surface area contributed by atoms with Crippen molar-refractivity contribution >= 4 is 0 Å². The number of hydrogen-bond donors (Lipinski definition) is 0. The van der Waals surface area contributed by atoms with Crippen LogP contribution in [0.2, 0.25) is 0 Å². The number of rotatable bonds is 0. The second-order valence-corrected chi connectivity index (χ2v) is 3.50. The predicted octanol–water partition coefficient (Wildman–Crippen LogP) is 1.75. The van der Waals surface area contributed by atoms with Gasteiger partial charge in [-0.05, 0) is 33.8 Å². The van der Waals surface area contributed by atoms with Crippen LogP contribution in [0.3, 0.4) is 0 Å². The minimum absolute atomic E-state index is 0.0874. The van der Waals surface area contributed by atoms with E-state index in [9.17, 15) is 0 Å². The normalized spacial score (nSPS) is 12.0. The van der Waals surface area contributed by atoms with Crippen molar-refractivity contribution in [3.05, 3.63) is 18.0 Å². The molecule has 55 valence electrons. The molecule has 0 bridgehead atoms. The third kappa shape index (κ3) is 1.20. The van der Waals surface area contributed by atoms with E-state index in [-0.39, 0.29) is 5.54 Å². The fourth-order valence-electron chi connectivity index (χ4n) is 0.999. The molecule has 0 N–H and O–H groups in total. The van der Waals surface area contributed by atoms with Crippen molar-refractivity contribution in [3.8, 4) is 0 Å². The van der Waals surface area contributed by atoms with Crippen LogP contribution < -0.4 is 0 Å². The van der Waals surface area contributed by atoms with Crippen molar-refractivity contribution in [1.82, 2.24) is 9.78 Å². The maximum absolute atomic E-state index is 4.08. The fourth-order valence-corrected chi connectivity index (χ4v) is 0.999. The molecule has 0 fully saturated rings. The van der Waals surface area contributed by atoms with Gasteiger partial charge in [0.05, 0.1) is 5.54 Å². The van der Waals surface area contributed by atoms with Crippen LogP contribution in [-0.2, 0) is 5.54 Å². The molecule has 2 heteroatoms. The third-order valence-electron chi connectivity index (χ3n) is 1.40. The maximum atomic E-state index is 4.08. The monoisotopic (exact) mass is 137 g/mol. The van der Waals surface area contributed by atoms with Crippen LogP contribution in [-0.4, -0.2) is 9.78 Å². The molecule has 10 heavy (non-hydrogen) atoms. The molecule has 0 saturated carbocycles. The summed E-state index contributed by atoms with van der Waals surface area (Å²) < 4.78 is 1.97. The Morgan fingerprint density at radius 1 is 1.50 bits per heavy atom. The Balaban J connectivity index is 3.05. The van der Waals surface area contributed by atoms with E-state index in [1.54, 1.807) is 0 Å². The van der Waals surface area contributed by atoms with Gasteiger partial charge >= 0.3 is 0 Å². The molecule has 0 aliphatic heterocycles. The van der Waals surface area contributed by atoms with Crippen LogP contribution in [0.1, 0.15) is 26.5 Å². The zero-order valence-electron chi connectivity index (χ0n) is 6.97. The Kier molecular flexibility index (Phi) is 1.55. The van der Waals surface area contributed by atoms with Gasteiger partial charge in [0.25, 0.3) is 0 Å². The summed E-state index contributed by atoms with van der Waals surface area (Å²) in [5.41, 5.74) is 1.25. The summed E-state index contributed by atoms with van der Waals surface area (Å²) in [6.45, 7) is 8.41. The number of hydrogen-bond acceptors (Lipinski definition) is 1. The van der Waals surface area contributed by atoms with Crippen molar-refractivity contribution in [3.63, 3.8) is 0 Å². The maximum Gasteiger partial charge on any atom is 0.113 e. The highest BCUT2D eigenvalue weighted by Crippen LogP contribution is 2.13. The van der Waals surface area contributed by atoms with Gasteiger partial charge in [-0.25, -0.2) is 0 Å². The van der Waals surface area contributed by atoms with E-state index in [0.29, 0.717) is 0 Å². The van der Waals surface area contributed by atoms with E-state index in [1.807, 2.05) is 17.7 Å². The van der Waals surface area contributed by atoms with Gasteiger partial charge in [-0.1, -0.05) is 0 Å². The molecule has 1 radical (unpaired) electrons. The molecule has 0 unspecified atom stereocenters. The lowest BCUT2D eigenvalue weighted by Gasteiger charge is -2.20. The molecule has 0 aromatic carbocycles. The first-order valence-electron chi connectivity index (χ1n) is 3.45. The summed E-state index contributed by atoms with van der Waals surface area (Å²) in [7, 11) is 0. The summed E-state index contributed by atoms with van der Waals surface area (Å²) in [6.07, 6.45) is 2.82. The predicted molar refractivity (Wildman–Crippen MR) is 40.8 cm³/mol. The first kappa shape index (κ1) is 7.32. The van der Waals surface area contributed by atoms with Crippen molar-refractivity contribution in [2.45, 2.75) is 33.2 Å². The highest BCUT2D eigenvalue weighted by atomic mass is 15.3. The average Bonchev–Trinajstić information content (AvgIpc) is 2.11. The molecule has 0 spiro atoms. The zero-order chi connectivity index (χ0) is 7.78. The molecule has 0 amide bonds. The number of aryl methyl sites for hydroxylation is 1. The molecule has 0 aliphatic carbocycles. The van der Waals surface area contributed by atoms with Crippen molar-refractivity contribution in [2.75, 3.05) is 0 Å². The second-order valence-electron chi connectivity index (χ2n) is 3.50. The van der Waals surface area contributed by atoms with Gasteiger partial charge < -0.3 is 0 Å². The molecule has 0 saturated heterocycles. The van der Waals surface area contributed by atoms with Crippen LogP contribution in [0, 0.1) is 13.1 Å². The van der Waals surface area contributed by atoms with Gasteiger partial charge in [0.15, 0.2) is 0 Å². The lowest BCUT2D eigenvalue weighted by Crippen LogP contribution is -2.24. The summed E-state index contributed by atoms with van der Waals surface area (Å²) in [5, 5.41) is 4.08. The Morgan fingerprint density at radius 2 is 2.10 bits per heavy atom. The Hall–Kier alpha value is -0.790. The van der Waals surface area contributed by atoms with Gasteiger partial charge in [0.1, 0.15) is 6.20 Å². The third-order valence-corrected chi connectivity index (χ3v) is 1.40.